The maximum Gasteiger partial charge on any atom is 0.432 e. The van der Waals surface area contributed by atoms with E-state index in [0.29, 0.717) is 24.3 Å². The van der Waals surface area contributed by atoms with Gasteiger partial charge in [0.2, 0.25) is 0 Å². The number of carbonyl (C=O) groups excluding carboxylic acids is 1. The second kappa shape index (κ2) is 11.8. The van der Waals surface area contributed by atoms with Gasteiger partial charge in [-0.25, -0.2) is 4.79 Å². The SMILES string of the molecule is CCC(CC)(Cc1cc(I)c(Oc2ccc(O)cc2)c(I)c1)P(=O)(O)ONC(=O)OC(C)(C)C. The molecule has 0 saturated heterocycles. The number of amides is 1. The molecule has 11 heteroatoms. The van der Waals surface area contributed by atoms with Crippen molar-refractivity contribution in [3.63, 3.8) is 0 Å². The number of aromatic hydroxyl groups is 1. The normalized spacial score (nSPS) is 13.8. The summed E-state index contributed by atoms with van der Waals surface area (Å²) >= 11 is 4.33. The van der Waals surface area contributed by atoms with Gasteiger partial charge in [-0.05, 0) is 127 Å². The number of phenols is 1. The van der Waals surface area contributed by atoms with Crippen LogP contribution in [0.25, 0.3) is 0 Å². The van der Waals surface area contributed by atoms with Crippen molar-refractivity contribution in [2.75, 3.05) is 0 Å². The van der Waals surface area contributed by atoms with Crippen LogP contribution in [0.3, 0.4) is 0 Å². The predicted octanol–water partition coefficient (Wildman–Crippen LogP) is 7.14. The number of ether oxygens (including phenoxy) is 2. The summed E-state index contributed by atoms with van der Waals surface area (Å²) in [5, 5.41) is 8.35. The van der Waals surface area contributed by atoms with Crippen molar-refractivity contribution >= 4 is 58.9 Å². The highest BCUT2D eigenvalue weighted by atomic mass is 127. The number of nitrogens with one attached hydrogen (secondary N) is 1. The topological polar surface area (TPSA) is 114 Å². The molecular formula is C23H30I2NO7P. The van der Waals surface area contributed by atoms with E-state index in [4.69, 9.17) is 14.1 Å². The van der Waals surface area contributed by atoms with Crippen LogP contribution in [0.4, 0.5) is 4.79 Å². The quantitative estimate of drug-likeness (QED) is 0.144. The Bertz CT molecular complexity index is 1030. The number of hydrogen-bond donors (Lipinski definition) is 3. The van der Waals surface area contributed by atoms with Gasteiger partial charge < -0.3 is 19.5 Å². The monoisotopic (exact) mass is 717 g/mol. The lowest BCUT2D eigenvalue weighted by Crippen LogP contribution is -2.37. The Morgan fingerprint density at radius 1 is 1.06 bits per heavy atom. The fourth-order valence-electron chi connectivity index (χ4n) is 3.32. The van der Waals surface area contributed by atoms with E-state index in [0.717, 1.165) is 12.7 Å². The molecule has 8 nitrogen and oxygen atoms in total. The molecule has 0 spiro atoms. The predicted molar refractivity (Wildman–Crippen MR) is 147 cm³/mol. The van der Waals surface area contributed by atoms with Crippen LogP contribution in [0.1, 0.15) is 53.0 Å². The number of hydroxylamine groups is 1. The molecule has 0 radical (unpaired) electrons. The lowest BCUT2D eigenvalue weighted by atomic mass is 9.93. The molecule has 0 saturated carbocycles. The molecule has 0 aliphatic heterocycles. The molecule has 0 fully saturated rings. The van der Waals surface area contributed by atoms with E-state index in [1.807, 2.05) is 31.5 Å². The van der Waals surface area contributed by atoms with Gasteiger partial charge in [-0.2, -0.15) is 10.1 Å². The fraction of sp³-hybridized carbons (Fsp3) is 0.435. The minimum Gasteiger partial charge on any atom is -0.508 e. The van der Waals surface area contributed by atoms with Crippen LogP contribution >= 0.6 is 52.8 Å². The first-order valence-electron chi connectivity index (χ1n) is 10.7. The van der Waals surface area contributed by atoms with Crippen molar-refractivity contribution in [2.45, 2.75) is 64.6 Å². The van der Waals surface area contributed by atoms with E-state index >= 15 is 0 Å². The summed E-state index contributed by atoms with van der Waals surface area (Å²) in [5.41, 5.74) is 2.06. The Balaban J connectivity index is 2.25. The van der Waals surface area contributed by atoms with E-state index in [2.05, 4.69) is 45.2 Å². The van der Waals surface area contributed by atoms with Crippen LogP contribution in [-0.4, -0.2) is 26.9 Å². The molecule has 2 aromatic rings. The number of halogens is 2. The van der Waals surface area contributed by atoms with Crippen LogP contribution in [-0.2, 0) is 20.3 Å². The van der Waals surface area contributed by atoms with Gasteiger partial charge in [0.05, 0.1) is 12.3 Å². The van der Waals surface area contributed by atoms with Crippen molar-refractivity contribution < 1.29 is 33.5 Å². The summed E-state index contributed by atoms with van der Waals surface area (Å²) in [7, 11) is -4.29. The average Bonchev–Trinajstić information content (AvgIpc) is 2.73. The number of rotatable bonds is 9. The number of carbonyl (C=O) groups is 1. The molecule has 188 valence electrons. The molecule has 2 aromatic carbocycles. The largest absolute Gasteiger partial charge is 0.508 e. The molecule has 0 bridgehead atoms. The van der Waals surface area contributed by atoms with Crippen LogP contribution < -0.4 is 10.2 Å². The summed E-state index contributed by atoms with van der Waals surface area (Å²) in [6.07, 6.45) is 0.0379. The van der Waals surface area contributed by atoms with E-state index in [1.165, 1.54) is 0 Å². The lowest BCUT2D eigenvalue weighted by Gasteiger charge is -2.35. The first-order valence-corrected chi connectivity index (χ1v) is 14.4. The summed E-state index contributed by atoms with van der Waals surface area (Å²) in [4.78, 5) is 22.8. The van der Waals surface area contributed by atoms with Gasteiger partial charge in [0, 0.05) is 0 Å². The summed E-state index contributed by atoms with van der Waals surface area (Å²) in [6.45, 7) is 8.70. The van der Waals surface area contributed by atoms with Crippen LogP contribution in [0.2, 0.25) is 0 Å². The van der Waals surface area contributed by atoms with Gasteiger partial charge in [0.15, 0.2) is 5.75 Å². The van der Waals surface area contributed by atoms with Crippen LogP contribution in [0, 0.1) is 7.14 Å². The molecule has 1 amide bonds. The van der Waals surface area contributed by atoms with Gasteiger partial charge in [0.25, 0.3) is 0 Å². The summed E-state index contributed by atoms with van der Waals surface area (Å²) in [5.74, 6) is 1.39. The van der Waals surface area contributed by atoms with Crippen molar-refractivity contribution in [1.29, 1.82) is 0 Å². The van der Waals surface area contributed by atoms with Gasteiger partial charge >= 0.3 is 13.7 Å². The van der Waals surface area contributed by atoms with Crippen molar-refractivity contribution in [2.24, 2.45) is 0 Å². The second-order valence-corrected chi connectivity index (χ2v) is 13.3. The van der Waals surface area contributed by atoms with E-state index in [-0.39, 0.29) is 12.2 Å². The van der Waals surface area contributed by atoms with Crippen molar-refractivity contribution in [3.05, 3.63) is 49.1 Å². The average molecular weight is 717 g/mol. The highest BCUT2D eigenvalue weighted by molar-refractivity contribution is 14.1. The molecule has 2 rings (SSSR count). The molecule has 34 heavy (non-hydrogen) atoms. The van der Waals surface area contributed by atoms with Crippen LogP contribution in [0.15, 0.2) is 36.4 Å². The van der Waals surface area contributed by atoms with E-state index in [1.54, 1.807) is 45.0 Å². The Kier molecular flexibility index (Phi) is 10.1. The van der Waals surface area contributed by atoms with Gasteiger partial charge in [-0.1, -0.05) is 13.8 Å². The lowest BCUT2D eigenvalue weighted by molar-refractivity contribution is 0.0245. The number of phenolic OH excluding ortho intramolecular Hbond substituents is 1. The smallest absolute Gasteiger partial charge is 0.432 e. The number of benzene rings is 2. The van der Waals surface area contributed by atoms with E-state index < -0.39 is 24.4 Å². The zero-order valence-electron chi connectivity index (χ0n) is 19.7. The highest BCUT2D eigenvalue weighted by Gasteiger charge is 2.47. The molecule has 0 aromatic heterocycles. The van der Waals surface area contributed by atoms with Gasteiger partial charge in [-0.3, -0.25) is 4.57 Å². The molecule has 1 atom stereocenters. The van der Waals surface area contributed by atoms with E-state index in [9.17, 15) is 19.4 Å². The maximum absolute atomic E-state index is 13.3. The molecule has 0 heterocycles. The third kappa shape index (κ3) is 7.71. The number of hydrogen-bond acceptors (Lipinski definition) is 6. The Hall–Kier alpha value is -1.08. The summed E-state index contributed by atoms with van der Waals surface area (Å²) < 4.78 is 31.1. The molecule has 3 N–H and O–H groups in total. The molecule has 0 aliphatic rings. The minimum atomic E-state index is -4.29. The van der Waals surface area contributed by atoms with Crippen molar-refractivity contribution in [3.8, 4) is 17.2 Å². The second-order valence-electron chi connectivity index (χ2n) is 8.81. The summed E-state index contributed by atoms with van der Waals surface area (Å²) in [6, 6.07) is 10.2. The third-order valence-corrected chi connectivity index (χ3v) is 9.15. The zero-order chi connectivity index (χ0) is 25.7. The third-order valence-electron chi connectivity index (χ3n) is 5.22. The maximum atomic E-state index is 13.3. The molecular weight excluding hydrogens is 687 g/mol. The Labute approximate surface area is 227 Å². The zero-order valence-corrected chi connectivity index (χ0v) is 24.9. The molecule has 1 unspecified atom stereocenters. The first kappa shape index (κ1) is 29.2. The first-order chi connectivity index (χ1) is 15.7. The standard InChI is InChI=1S/C23H30I2NO7P/c1-6-23(7-2,34(29,30)33-26-21(28)32-22(3,4)5)14-15-12-18(24)20(19(25)13-15)31-17-10-8-16(27)9-11-17/h8-13,27H,6-7,14H2,1-5H3,(H,26,28)(H,29,30). The van der Waals surface area contributed by atoms with Crippen molar-refractivity contribution in [1.82, 2.24) is 5.48 Å². The highest BCUT2D eigenvalue weighted by Crippen LogP contribution is 2.59. The Morgan fingerprint density at radius 3 is 2.06 bits per heavy atom. The minimum absolute atomic E-state index is 0.152. The fourth-order valence-corrected chi connectivity index (χ4v) is 7.01. The van der Waals surface area contributed by atoms with Gasteiger partial charge in [-0.15, -0.1) is 0 Å². The molecule has 0 aliphatic carbocycles. The van der Waals surface area contributed by atoms with Crippen LogP contribution in [0.5, 0.6) is 17.2 Å². The van der Waals surface area contributed by atoms with Gasteiger partial charge in [0.1, 0.15) is 17.1 Å². The Morgan fingerprint density at radius 2 is 1.59 bits per heavy atom.